The highest BCUT2D eigenvalue weighted by atomic mass is 19.1. The van der Waals surface area contributed by atoms with Crippen molar-refractivity contribution in [3.63, 3.8) is 0 Å². The van der Waals surface area contributed by atoms with E-state index in [-0.39, 0.29) is 29.6 Å². The van der Waals surface area contributed by atoms with Gasteiger partial charge in [-0.25, -0.2) is 22.9 Å². The summed E-state index contributed by atoms with van der Waals surface area (Å²) in [5.41, 5.74) is 0.455. The number of carbonyl (C=O) groups excluding carboxylic acids is 1. The minimum atomic E-state index is -0.813. The van der Waals surface area contributed by atoms with Crippen molar-refractivity contribution in [1.82, 2.24) is 9.88 Å². The maximum Gasteiger partial charge on any atom is 0.324 e. The van der Waals surface area contributed by atoms with Crippen molar-refractivity contribution in [2.75, 3.05) is 49.2 Å². The molecule has 1 aromatic carbocycles. The number of ether oxygens (including phenoxy) is 1. The van der Waals surface area contributed by atoms with E-state index >= 15 is 0 Å². The van der Waals surface area contributed by atoms with E-state index in [1.165, 1.54) is 35.4 Å². The lowest BCUT2D eigenvalue weighted by atomic mass is 9.73. The molecule has 1 spiro atoms. The standard InChI is InChI=1S/C20H19F3N4O2/c21-6-15-8-27(16-3-1-13(22)5-17(16)29-15)19(28)26-11-20(12-26)9-25(10-20)18-4-2-14(23)7-24-18/h1-5,7,15H,6,8-12H2. The van der Waals surface area contributed by atoms with Crippen LogP contribution in [0.3, 0.4) is 0 Å². The monoisotopic (exact) mass is 404 g/mol. The number of hydrogen-bond acceptors (Lipinski definition) is 4. The quantitative estimate of drug-likeness (QED) is 0.773. The van der Waals surface area contributed by atoms with Gasteiger partial charge in [-0.3, -0.25) is 4.90 Å². The van der Waals surface area contributed by atoms with E-state index < -0.39 is 18.6 Å². The number of fused-ring (bicyclic) bond motifs is 1. The first-order chi connectivity index (χ1) is 14.0. The second-order valence-electron chi connectivity index (χ2n) is 7.95. The van der Waals surface area contributed by atoms with E-state index in [1.807, 2.05) is 4.90 Å². The third kappa shape index (κ3) is 3.04. The van der Waals surface area contributed by atoms with Crippen LogP contribution < -0.4 is 14.5 Å². The highest BCUT2D eigenvalue weighted by Gasteiger charge is 2.54. The van der Waals surface area contributed by atoms with Crippen LogP contribution in [-0.2, 0) is 0 Å². The molecule has 2 fully saturated rings. The number of anilines is 2. The van der Waals surface area contributed by atoms with Crippen LogP contribution in [0.25, 0.3) is 0 Å². The summed E-state index contributed by atoms with van der Waals surface area (Å²) in [7, 11) is 0. The van der Waals surface area contributed by atoms with E-state index in [4.69, 9.17) is 4.74 Å². The molecule has 3 aliphatic heterocycles. The molecule has 0 saturated carbocycles. The van der Waals surface area contributed by atoms with Crippen LogP contribution in [0, 0.1) is 17.0 Å². The second kappa shape index (κ2) is 6.53. The summed E-state index contributed by atoms with van der Waals surface area (Å²) in [4.78, 5) is 22.3. The Balaban J connectivity index is 1.25. The molecule has 3 aliphatic rings. The molecule has 5 rings (SSSR count). The van der Waals surface area contributed by atoms with E-state index in [1.54, 1.807) is 11.0 Å². The lowest BCUT2D eigenvalue weighted by Crippen LogP contribution is -2.74. The molecule has 152 valence electrons. The Morgan fingerprint density at radius 1 is 1.14 bits per heavy atom. The van der Waals surface area contributed by atoms with Gasteiger partial charge in [0.25, 0.3) is 0 Å². The number of amides is 2. The molecule has 2 amide bonds. The average Bonchev–Trinajstić information content (AvgIpc) is 2.65. The van der Waals surface area contributed by atoms with Crippen molar-refractivity contribution >= 4 is 17.5 Å². The number of likely N-dealkylation sites (tertiary alicyclic amines) is 1. The third-order valence-electron chi connectivity index (χ3n) is 5.71. The molecular formula is C20H19F3N4O2. The zero-order chi connectivity index (χ0) is 20.2. The van der Waals surface area contributed by atoms with Gasteiger partial charge < -0.3 is 14.5 Å². The molecule has 9 heteroatoms. The third-order valence-corrected chi connectivity index (χ3v) is 5.71. The lowest BCUT2D eigenvalue weighted by Gasteiger charge is -2.60. The maximum absolute atomic E-state index is 13.5. The van der Waals surface area contributed by atoms with Gasteiger partial charge in [0.15, 0.2) is 0 Å². The van der Waals surface area contributed by atoms with Gasteiger partial charge in [-0.1, -0.05) is 0 Å². The van der Waals surface area contributed by atoms with Crippen molar-refractivity contribution in [3.05, 3.63) is 48.2 Å². The number of alkyl halides is 1. The Bertz CT molecular complexity index is 941. The minimum absolute atomic E-state index is 0.00311. The van der Waals surface area contributed by atoms with E-state index in [0.29, 0.717) is 18.8 Å². The normalized spacial score (nSPS) is 21.9. The van der Waals surface area contributed by atoms with Gasteiger partial charge in [0.1, 0.15) is 36.0 Å². The fourth-order valence-corrected chi connectivity index (χ4v) is 4.34. The summed E-state index contributed by atoms with van der Waals surface area (Å²) in [6.07, 6.45) is 0.379. The molecule has 29 heavy (non-hydrogen) atoms. The van der Waals surface area contributed by atoms with Crippen molar-refractivity contribution in [2.24, 2.45) is 5.41 Å². The zero-order valence-corrected chi connectivity index (χ0v) is 15.5. The molecule has 0 bridgehead atoms. The van der Waals surface area contributed by atoms with Crippen LogP contribution in [0.4, 0.5) is 29.5 Å². The number of pyridine rings is 1. The zero-order valence-electron chi connectivity index (χ0n) is 15.5. The molecular weight excluding hydrogens is 385 g/mol. The van der Waals surface area contributed by atoms with Crippen LogP contribution in [0.1, 0.15) is 0 Å². The highest BCUT2D eigenvalue weighted by molar-refractivity contribution is 5.95. The number of benzene rings is 1. The van der Waals surface area contributed by atoms with Gasteiger partial charge in [-0.05, 0) is 24.3 Å². The van der Waals surface area contributed by atoms with Crippen LogP contribution in [0.15, 0.2) is 36.5 Å². The molecule has 0 radical (unpaired) electrons. The summed E-state index contributed by atoms with van der Waals surface area (Å²) in [5, 5.41) is 0. The van der Waals surface area contributed by atoms with Crippen molar-refractivity contribution in [1.29, 1.82) is 0 Å². The first-order valence-corrected chi connectivity index (χ1v) is 9.41. The summed E-state index contributed by atoms with van der Waals surface area (Å²) in [6.45, 7) is 1.97. The highest BCUT2D eigenvalue weighted by Crippen LogP contribution is 2.43. The van der Waals surface area contributed by atoms with Crippen LogP contribution in [0.2, 0.25) is 0 Å². The Morgan fingerprint density at radius 2 is 1.90 bits per heavy atom. The van der Waals surface area contributed by atoms with Gasteiger partial charge in [-0.2, -0.15) is 0 Å². The van der Waals surface area contributed by atoms with Crippen molar-refractivity contribution in [2.45, 2.75) is 6.10 Å². The minimum Gasteiger partial charge on any atom is -0.484 e. The van der Waals surface area contributed by atoms with E-state index in [2.05, 4.69) is 4.98 Å². The number of halogens is 3. The van der Waals surface area contributed by atoms with Crippen LogP contribution in [-0.4, -0.2) is 61.4 Å². The van der Waals surface area contributed by atoms with Gasteiger partial charge >= 0.3 is 6.03 Å². The fraction of sp³-hybridized carbons (Fsp3) is 0.400. The van der Waals surface area contributed by atoms with Gasteiger partial charge in [0.05, 0.1) is 18.4 Å². The van der Waals surface area contributed by atoms with Crippen molar-refractivity contribution < 1.29 is 22.7 Å². The fourth-order valence-electron chi connectivity index (χ4n) is 4.34. The Kier molecular flexibility index (Phi) is 4.07. The summed E-state index contributed by atoms with van der Waals surface area (Å²) < 4.78 is 45.2. The summed E-state index contributed by atoms with van der Waals surface area (Å²) in [5.74, 6) is 0.0283. The molecule has 0 N–H and O–H groups in total. The average molecular weight is 404 g/mol. The molecule has 6 nitrogen and oxygen atoms in total. The number of urea groups is 1. The molecule has 4 heterocycles. The van der Waals surface area contributed by atoms with Crippen LogP contribution >= 0.6 is 0 Å². The predicted octanol–water partition coefficient (Wildman–Crippen LogP) is 2.84. The summed E-state index contributed by atoms with van der Waals surface area (Å²) in [6, 6.07) is 6.71. The van der Waals surface area contributed by atoms with Gasteiger partial charge in [0, 0.05) is 37.7 Å². The smallest absolute Gasteiger partial charge is 0.324 e. The maximum atomic E-state index is 13.5. The topological polar surface area (TPSA) is 48.9 Å². The Labute approximate surface area is 165 Å². The molecule has 1 atom stereocenters. The molecule has 1 unspecified atom stereocenters. The molecule has 0 aliphatic carbocycles. The van der Waals surface area contributed by atoms with Gasteiger partial charge in [-0.15, -0.1) is 0 Å². The molecule has 1 aromatic heterocycles. The predicted molar refractivity (Wildman–Crippen MR) is 99.9 cm³/mol. The first-order valence-electron chi connectivity index (χ1n) is 9.41. The van der Waals surface area contributed by atoms with Gasteiger partial charge in [0.2, 0.25) is 0 Å². The lowest BCUT2D eigenvalue weighted by molar-refractivity contribution is 0.00858. The molecule has 2 saturated heterocycles. The Hall–Kier alpha value is -2.97. The number of carbonyl (C=O) groups is 1. The number of rotatable bonds is 2. The van der Waals surface area contributed by atoms with Crippen molar-refractivity contribution in [3.8, 4) is 5.75 Å². The number of aromatic nitrogens is 1. The Morgan fingerprint density at radius 3 is 2.59 bits per heavy atom. The largest absolute Gasteiger partial charge is 0.484 e. The van der Waals surface area contributed by atoms with Crippen LogP contribution in [0.5, 0.6) is 5.75 Å². The number of hydrogen-bond donors (Lipinski definition) is 0. The van der Waals surface area contributed by atoms with E-state index in [0.717, 1.165) is 18.9 Å². The van der Waals surface area contributed by atoms with E-state index in [9.17, 15) is 18.0 Å². The first kappa shape index (κ1) is 18.1. The SMILES string of the molecule is O=C(N1CC2(C1)CN(c1ccc(F)cn1)C2)N1CC(CF)Oc2cc(F)ccc21. The number of nitrogens with zero attached hydrogens (tertiary/aromatic N) is 4. The summed E-state index contributed by atoms with van der Waals surface area (Å²) >= 11 is 0. The molecule has 2 aromatic rings. The second-order valence-corrected chi connectivity index (χ2v) is 7.95.